The number of benzene rings is 2. The second-order valence-electron chi connectivity index (χ2n) is 20.3. The Morgan fingerprint density at radius 2 is 0.923 bits per heavy atom. The molecule has 0 aliphatic heterocycles. The zero-order valence-electron chi connectivity index (χ0n) is 45.7. The molecule has 22 N–H and O–H groups in total. The first-order valence-corrected chi connectivity index (χ1v) is 26.1. The second kappa shape index (κ2) is 33.7. The Kier molecular flexibility index (Phi) is 28.8. The summed E-state index contributed by atoms with van der Waals surface area (Å²) < 4.78 is 0. The zero-order chi connectivity index (χ0) is 58.8. The number of nitrogens with one attached hydrogen (secondary N) is 9. The highest BCUT2D eigenvalue weighted by Gasteiger charge is 2.37. The zero-order valence-corrected chi connectivity index (χ0v) is 45.7. The number of phenolic OH excluding ortho intramolecular Hbond substituents is 2. The molecule has 2 aromatic carbocycles. The van der Waals surface area contributed by atoms with E-state index in [9.17, 15) is 63.6 Å². The molecule has 434 valence electrons. The van der Waals surface area contributed by atoms with Crippen LogP contribution in [0.25, 0.3) is 0 Å². The van der Waals surface area contributed by atoms with E-state index in [4.69, 9.17) is 17.2 Å². The predicted octanol–water partition coefficient (Wildman–Crippen LogP) is -5.82. The van der Waals surface area contributed by atoms with E-state index in [-0.39, 0.29) is 49.7 Å². The number of carbonyl (C=O) groups excluding carboxylic acids is 9. The van der Waals surface area contributed by atoms with E-state index in [2.05, 4.69) is 53.3 Å². The maximum atomic E-state index is 14.4. The number of aromatic hydroxyl groups is 2. The van der Waals surface area contributed by atoms with Crippen molar-refractivity contribution < 1.29 is 74.3 Å². The first-order valence-electron chi connectivity index (χ1n) is 26.1. The fraction of sp³-hybridized carbons (Fsp3) is 0.577. The standard InChI is InChI=1S/C52H83N13O13/c1-27(2)41(49(76)58-33(25-66)11-8-9-21-53)63-44(71)36(12-10-22-57-52(55)56)59-47(74)39(26-67)62-45(72)37(23-31-13-17-34(69)18-14-31)60-50(77)42(28(3)4)64-46(73)38(24-32-15-19-35(70)20-16-32)61-51(78)43(29(5)6)65-48(75)40(54)30(7)68/h13-20,25,27-30,33,36-43,67-70H,8-12,21-24,26,53-54H2,1-7H3,(H,58,76)(H,59,74)(H,60,77)(H,61,78)(H,62,72)(H,63,71)(H,64,73)(H,65,75)(H4,55,56,57)/p+2/t30-,33+,36+,37+,38+,39+,40+,41+,42+,43+/m1/s1. The summed E-state index contributed by atoms with van der Waals surface area (Å²) in [5, 5.41) is 61.1. The molecule has 26 heteroatoms. The monoisotopic (exact) mass is 1100 g/mol. The molecule has 0 aromatic heterocycles. The van der Waals surface area contributed by atoms with Gasteiger partial charge in [0.05, 0.1) is 31.8 Å². The highest BCUT2D eigenvalue weighted by atomic mass is 16.3. The van der Waals surface area contributed by atoms with E-state index in [0.717, 1.165) is 6.42 Å². The van der Waals surface area contributed by atoms with Crippen molar-refractivity contribution in [2.45, 2.75) is 154 Å². The molecule has 0 aliphatic carbocycles. The van der Waals surface area contributed by atoms with Crippen molar-refractivity contribution in [1.82, 2.24) is 42.5 Å². The van der Waals surface area contributed by atoms with Crippen molar-refractivity contribution in [1.29, 1.82) is 0 Å². The molecule has 10 atom stereocenters. The maximum Gasteiger partial charge on any atom is 0.338 e. The van der Waals surface area contributed by atoms with E-state index in [1.807, 2.05) is 0 Å². The molecule has 0 aliphatic rings. The van der Waals surface area contributed by atoms with E-state index in [1.165, 1.54) is 55.5 Å². The van der Waals surface area contributed by atoms with Crippen LogP contribution in [0.1, 0.15) is 91.7 Å². The van der Waals surface area contributed by atoms with Crippen LogP contribution in [0.15, 0.2) is 48.5 Å². The van der Waals surface area contributed by atoms with Crippen LogP contribution >= 0.6 is 0 Å². The molecule has 0 radical (unpaired) electrons. The Hall–Kier alpha value is -7.42. The molecule has 0 heterocycles. The van der Waals surface area contributed by atoms with Crippen molar-refractivity contribution in [3.8, 4) is 11.5 Å². The SMILES string of the molecule is CC(C)[C@H](NC(=O)[C@H](CCC[NH+]=C(N)N)NC(=O)[C@H](CO)NC(=O)[C@H](Cc1ccc(O)cc1)NC(=O)[C@@H](NC(=O)[C@H](Cc1ccc(O)cc1)NC(=O)[C@@H](NC(=O)[C@@H](N)[C@@H](C)O)C(C)C)C(C)C)C(=O)N[C@H](C=O)CCCC[NH3+]. The smallest absolute Gasteiger partial charge is 0.338 e. The number of guanidine groups is 1. The van der Waals surface area contributed by atoms with Crippen molar-refractivity contribution in [3.05, 3.63) is 59.7 Å². The summed E-state index contributed by atoms with van der Waals surface area (Å²) in [6.07, 6.45) is 0.794. The van der Waals surface area contributed by atoms with E-state index in [1.54, 1.807) is 41.5 Å². The minimum Gasteiger partial charge on any atom is -0.508 e. The average Bonchev–Trinajstić information content (AvgIpc) is 3.38. The van der Waals surface area contributed by atoms with Crippen molar-refractivity contribution in [2.75, 3.05) is 19.7 Å². The van der Waals surface area contributed by atoms with Crippen molar-refractivity contribution in [3.63, 3.8) is 0 Å². The summed E-state index contributed by atoms with van der Waals surface area (Å²) in [7, 11) is 0. The lowest BCUT2D eigenvalue weighted by molar-refractivity contribution is -0.459. The predicted molar refractivity (Wildman–Crippen MR) is 286 cm³/mol. The number of aldehydes is 1. The van der Waals surface area contributed by atoms with Crippen LogP contribution in [0.5, 0.6) is 11.5 Å². The minimum atomic E-state index is -1.74. The highest BCUT2D eigenvalue weighted by molar-refractivity contribution is 5.98. The normalized spacial score (nSPS) is 15.1. The number of hydrogen-bond donors (Lipinski definition) is 17. The fourth-order valence-electron chi connectivity index (χ4n) is 7.79. The molecular formula is C52H85N13O13+2. The van der Waals surface area contributed by atoms with Gasteiger partial charge < -0.3 is 79.2 Å². The maximum absolute atomic E-state index is 14.4. The second-order valence-corrected chi connectivity index (χ2v) is 20.3. The van der Waals surface area contributed by atoms with Crippen LogP contribution in [-0.2, 0) is 56.0 Å². The lowest BCUT2D eigenvalue weighted by Crippen LogP contribution is -2.78. The number of unbranched alkanes of at least 4 members (excludes halogenated alkanes) is 1. The Labute approximate surface area is 454 Å². The van der Waals surface area contributed by atoms with E-state index in [0.29, 0.717) is 36.8 Å². The number of nitrogens with two attached hydrogens (primary N) is 3. The van der Waals surface area contributed by atoms with Gasteiger partial charge in [0.25, 0.3) is 0 Å². The third-order valence-electron chi connectivity index (χ3n) is 12.5. The largest absolute Gasteiger partial charge is 0.508 e. The number of quaternary nitrogens is 1. The number of aliphatic hydroxyl groups excluding tert-OH is 2. The van der Waals surface area contributed by atoms with Gasteiger partial charge in [0.2, 0.25) is 47.3 Å². The summed E-state index contributed by atoms with van der Waals surface area (Å²) in [5.74, 6) is -8.82. The summed E-state index contributed by atoms with van der Waals surface area (Å²) in [4.78, 5) is 126. The van der Waals surface area contributed by atoms with Gasteiger partial charge in [-0.15, -0.1) is 0 Å². The molecule has 2 rings (SSSR count). The number of hydrogen-bond acceptors (Lipinski definition) is 14. The lowest BCUT2D eigenvalue weighted by atomic mass is 9.98. The molecule has 0 saturated carbocycles. The van der Waals surface area contributed by atoms with Gasteiger partial charge in [0, 0.05) is 12.8 Å². The van der Waals surface area contributed by atoms with Crippen LogP contribution in [0.2, 0.25) is 0 Å². The third-order valence-corrected chi connectivity index (χ3v) is 12.5. The molecular weight excluding hydrogens is 1010 g/mol. The molecule has 2 aromatic rings. The fourth-order valence-corrected chi connectivity index (χ4v) is 7.79. The van der Waals surface area contributed by atoms with Crippen LogP contribution in [-0.4, -0.2) is 160 Å². The third kappa shape index (κ3) is 23.0. The van der Waals surface area contributed by atoms with Gasteiger partial charge in [-0.25, -0.2) is 0 Å². The Morgan fingerprint density at radius 3 is 1.32 bits per heavy atom. The summed E-state index contributed by atoms with van der Waals surface area (Å²) in [5.41, 5.74) is 21.6. The summed E-state index contributed by atoms with van der Waals surface area (Å²) in [6.45, 7) is 10.9. The molecule has 0 bridgehead atoms. The molecule has 26 nitrogen and oxygen atoms in total. The molecule has 8 amide bonds. The van der Waals surface area contributed by atoms with Gasteiger partial charge in [-0.2, -0.15) is 0 Å². The number of carbonyl (C=O) groups is 9. The number of rotatable bonds is 34. The Bertz CT molecular complexity index is 2310. The summed E-state index contributed by atoms with van der Waals surface area (Å²) >= 11 is 0. The van der Waals surface area contributed by atoms with Crippen LogP contribution in [0, 0.1) is 17.8 Å². The van der Waals surface area contributed by atoms with Crippen molar-refractivity contribution >= 4 is 59.5 Å². The van der Waals surface area contributed by atoms with Crippen molar-refractivity contribution in [2.24, 2.45) is 35.0 Å². The van der Waals surface area contributed by atoms with E-state index < -0.39 is 132 Å². The highest BCUT2D eigenvalue weighted by Crippen LogP contribution is 2.16. The molecule has 0 unspecified atom stereocenters. The van der Waals surface area contributed by atoms with Crippen LogP contribution in [0.4, 0.5) is 0 Å². The van der Waals surface area contributed by atoms with Crippen LogP contribution in [0.3, 0.4) is 0 Å². The van der Waals surface area contributed by atoms with Gasteiger partial charge in [0.15, 0.2) is 0 Å². The molecule has 0 spiro atoms. The first-order chi connectivity index (χ1) is 36.7. The molecule has 0 saturated heterocycles. The number of amides is 8. The Morgan fingerprint density at radius 1 is 0.538 bits per heavy atom. The van der Waals surface area contributed by atoms with Gasteiger partial charge in [-0.05, 0) is 92.2 Å². The first kappa shape index (κ1) is 66.7. The number of aliphatic hydroxyl groups is 2. The van der Waals surface area contributed by atoms with Gasteiger partial charge >= 0.3 is 5.96 Å². The average molecular weight is 1100 g/mol. The molecule has 78 heavy (non-hydrogen) atoms. The van der Waals surface area contributed by atoms with E-state index >= 15 is 0 Å². The molecule has 0 fully saturated rings. The lowest BCUT2D eigenvalue weighted by Gasteiger charge is -2.30. The summed E-state index contributed by atoms with van der Waals surface area (Å²) in [6, 6.07) is -0.609. The van der Waals surface area contributed by atoms with Gasteiger partial charge in [-0.1, -0.05) is 65.8 Å². The quantitative estimate of drug-likeness (QED) is 0.0134. The minimum absolute atomic E-state index is 0.0622. The van der Waals surface area contributed by atoms with Crippen LogP contribution < -0.4 is 70.5 Å². The van der Waals surface area contributed by atoms with Gasteiger partial charge in [0.1, 0.15) is 66.1 Å². The number of phenols is 2. The van der Waals surface area contributed by atoms with Gasteiger partial charge in [-0.3, -0.25) is 54.8 Å². The Balaban J connectivity index is 2.48. The topological polar surface area (TPSA) is 450 Å².